The summed E-state index contributed by atoms with van der Waals surface area (Å²) in [6, 6.07) is 7.81. The minimum Gasteiger partial charge on any atom is -0.273 e. The summed E-state index contributed by atoms with van der Waals surface area (Å²) in [5, 5.41) is 4.04. The van der Waals surface area contributed by atoms with Crippen LogP contribution in [0.1, 0.15) is 24.5 Å². The number of sulfone groups is 1. The van der Waals surface area contributed by atoms with Crippen LogP contribution >= 0.6 is 0 Å². The number of benzene rings is 1. The van der Waals surface area contributed by atoms with Crippen LogP contribution in [0.25, 0.3) is 0 Å². The molecule has 6 heteroatoms. The molecule has 0 aromatic heterocycles. The molecule has 1 aliphatic heterocycles. The van der Waals surface area contributed by atoms with Gasteiger partial charge < -0.3 is 0 Å². The third-order valence-electron chi connectivity index (χ3n) is 3.41. The lowest BCUT2D eigenvalue weighted by Crippen LogP contribution is -2.28. The molecule has 1 saturated heterocycles. The highest BCUT2D eigenvalue weighted by Crippen LogP contribution is 2.18. The van der Waals surface area contributed by atoms with Gasteiger partial charge in [-0.15, -0.1) is 0 Å². The van der Waals surface area contributed by atoms with Crippen molar-refractivity contribution in [2.24, 2.45) is 11.0 Å². The lowest BCUT2D eigenvalue weighted by Gasteiger charge is -2.07. The predicted molar refractivity (Wildman–Crippen MR) is 78.3 cm³/mol. The number of amides is 1. The SMILES string of the molecule is C/C(=N/NC(=O)[C@@H]1CCS(=O)(=O)C1)c1ccc(C)cc1. The topological polar surface area (TPSA) is 75.6 Å². The summed E-state index contributed by atoms with van der Waals surface area (Å²) in [6.07, 6.45) is 0.382. The van der Waals surface area contributed by atoms with E-state index in [-0.39, 0.29) is 17.4 Å². The van der Waals surface area contributed by atoms with Crippen molar-refractivity contribution in [3.63, 3.8) is 0 Å². The van der Waals surface area contributed by atoms with Crippen molar-refractivity contribution >= 4 is 21.5 Å². The van der Waals surface area contributed by atoms with E-state index in [0.29, 0.717) is 12.1 Å². The molecule has 1 N–H and O–H groups in total. The van der Waals surface area contributed by atoms with Gasteiger partial charge in [-0.25, -0.2) is 13.8 Å². The normalized spacial score (nSPS) is 21.7. The summed E-state index contributed by atoms with van der Waals surface area (Å²) in [5.74, 6) is -0.781. The number of hydrazone groups is 1. The van der Waals surface area contributed by atoms with Crippen LogP contribution in [0, 0.1) is 12.8 Å². The summed E-state index contributed by atoms with van der Waals surface area (Å²) in [6.45, 7) is 3.80. The zero-order valence-electron chi connectivity index (χ0n) is 11.6. The first kappa shape index (κ1) is 14.7. The van der Waals surface area contributed by atoms with Crippen molar-refractivity contribution < 1.29 is 13.2 Å². The maximum absolute atomic E-state index is 11.8. The monoisotopic (exact) mass is 294 g/mol. The fourth-order valence-corrected chi connectivity index (χ4v) is 3.83. The molecule has 1 fully saturated rings. The molecule has 0 saturated carbocycles. The maximum Gasteiger partial charge on any atom is 0.244 e. The first-order valence-corrected chi connectivity index (χ1v) is 8.31. The Kier molecular flexibility index (Phi) is 4.23. The highest BCUT2D eigenvalue weighted by atomic mass is 32.2. The number of carbonyl (C=O) groups excluding carboxylic acids is 1. The number of hydrogen-bond donors (Lipinski definition) is 1. The predicted octanol–water partition coefficient (Wildman–Crippen LogP) is 1.27. The maximum atomic E-state index is 11.8. The van der Waals surface area contributed by atoms with E-state index >= 15 is 0 Å². The van der Waals surface area contributed by atoms with E-state index in [1.807, 2.05) is 31.2 Å². The van der Waals surface area contributed by atoms with E-state index in [1.54, 1.807) is 6.92 Å². The van der Waals surface area contributed by atoms with Crippen molar-refractivity contribution in [2.45, 2.75) is 20.3 Å². The molecule has 0 spiro atoms. The van der Waals surface area contributed by atoms with Gasteiger partial charge in [0.25, 0.3) is 0 Å². The Balaban J connectivity index is 1.98. The second-order valence-electron chi connectivity index (χ2n) is 5.14. The Labute approximate surface area is 119 Å². The third-order valence-corrected chi connectivity index (χ3v) is 5.17. The molecule has 0 bridgehead atoms. The molecular weight excluding hydrogens is 276 g/mol. The van der Waals surface area contributed by atoms with Gasteiger partial charge in [-0.1, -0.05) is 29.8 Å². The molecule has 1 amide bonds. The highest BCUT2D eigenvalue weighted by Gasteiger charge is 2.32. The molecule has 1 heterocycles. The van der Waals surface area contributed by atoms with Crippen molar-refractivity contribution in [1.82, 2.24) is 5.43 Å². The fraction of sp³-hybridized carbons (Fsp3) is 0.429. The molecule has 20 heavy (non-hydrogen) atoms. The van der Waals surface area contributed by atoms with Gasteiger partial charge in [0.1, 0.15) is 0 Å². The van der Waals surface area contributed by atoms with Gasteiger partial charge in [0.15, 0.2) is 9.84 Å². The summed E-state index contributed by atoms with van der Waals surface area (Å²) < 4.78 is 22.6. The van der Waals surface area contributed by atoms with E-state index < -0.39 is 15.8 Å². The van der Waals surface area contributed by atoms with Crippen LogP contribution in [0.5, 0.6) is 0 Å². The van der Waals surface area contributed by atoms with Crippen LogP contribution in [0.3, 0.4) is 0 Å². The number of carbonyl (C=O) groups is 1. The van der Waals surface area contributed by atoms with E-state index in [4.69, 9.17) is 0 Å². The lowest BCUT2D eigenvalue weighted by molar-refractivity contribution is -0.124. The standard InChI is InChI=1S/C14H18N2O3S/c1-10-3-5-12(6-4-10)11(2)15-16-14(17)13-7-8-20(18,19)9-13/h3-6,13H,7-9H2,1-2H3,(H,16,17)/b15-11-/t13-/m1/s1. The van der Waals surface area contributed by atoms with Gasteiger partial charge in [0, 0.05) is 0 Å². The Hall–Kier alpha value is -1.69. The number of rotatable bonds is 3. The van der Waals surface area contributed by atoms with Crippen molar-refractivity contribution in [2.75, 3.05) is 11.5 Å². The molecule has 1 atom stereocenters. The summed E-state index contributed by atoms with van der Waals surface area (Å²) in [7, 11) is -3.05. The van der Waals surface area contributed by atoms with Gasteiger partial charge >= 0.3 is 0 Å². The average Bonchev–Trinajstić information content (AvgIpc) is 2.77. The number of aryl methyl sites for hydroxylation is 1. The molecule has 1 aliphatic rings. The molecule has 1 aromatic rings. The van der Waals surface area contributed by atoms with Gasteiger partial charge in [0.05, 0.1) is 23.1 Å². The van der Waals surface area contributed by atoms with E-state index in [9.17, 15) is 13.2 Å². The first-order valence-electron chi connectivity index (χ1n) is 6.49. The van der Waals surface area contributed by atoms with Crippen molar-refractivity contribution in [3.8, 4) is 0 Å². The number of hydrogen-bond acceptors (Lipinski definition) is 4. The lowest BCUT2D eigenvalue weighted by atomic mass is 10.1. The molecular formula is C14H18N2O3S. The Morgan fingerprint density at radius 2 is 1.95 bits per heavy atom. The Morgan fingerprint density at radius 3 is 2.50 bits per heavy atom. The van der Waals surface area contributed by atoms with E-state index in [2.05, 4.69) is 10.5 Å². The van der Waals surface area contributed by atoms with Gasteiger partial charge in [-0.2, -0.15) is 5.10 Å². The minimum atomic E-state index is -3.05. The summed E-state index contributed by atoms with van der Waals surface area (Å²) in [5.41, 5.74) is 5.23. The van der Waals surface area contributed by atoms with Crippen LogP contribution in [-0.2, 0) is 14.6 Å². The van der Waals surface area contributed by atoms with Crippen LogP contribution in [0.2, 0.25) is 0 Å². The second kappa shape index (κ2) is 5.75. The van der Waals surface area contributed by atoms with Gasteiger partial charge in [-0.3, -0.25) is 4.79 Å². The van der Waals surface area contributed by atoms with Gasteiger partial charge in [0.2, 0.25) is 5.91 Å². The summed E-state index contributed by atoms with van der Waals surface area (Å²) in [4.78, 5) is 11.8. The van der Waals surface area contributed by atoms with Crippen LogP contribution < -0.4 is 5.43 Å². The van der Waals surface area contributed by atoms with Crippen molar-refractivity contribution in [3.05, 3.63) is 35.4 Å². The molecule has 5 nitrogen and oxygen atoms in total. The molecule has 0 unspecified atom stereocenters. The molecule has 1 aromatic carbocycles. The Bertz CT molecular complexity index is 633. The minimum absolute atomic E-state index is 0.0715. The van der Waals surface area contributed by atoms with E-state index in [1.165, 1.54) is 0 Å². The average molecular weight is 294 g/mol. The highest BCUT2D eigenvalue weighted by molar-refractivity contribution is 7.91. The van der Waals surface area contributed by atoms with Crippen LogP contribution in [-0.4, -0.2) is 31.5 Å². The van der Waals surface area contributed by atoms with Gasteiger partial charge in [-0.05, 0) is 25.8 Å². The molecule has 0 radical (unpaired) electrons. The largest absolute Gasteiger partial charge is 0.273 e. The fourth-order valence-electron chi connectivity index (χ4n) is 2.09. The van der Waals surface area contributed by atoms with Crippen LogP contribution in [0.15, 0.2) is 29.4 Å². The van der Waals surface area contributed by atoms with E-state index in [0.717, 1.165) is 11.1 Å². The number of nitrogens with one attached hydrogen (secondary N) is 1. The Morgan fingerprint density at radius 1 is 1.30 bits per heavy atom. The zero-order chi connectivity index (χ0) is 14.8. The first-order chi connectivity index (χ1) is 9.37. The quantitative estimate of drug-likeness (QED) is 0.674. The van der Waals surface area contributed by atoms with Crippen molar-refractivity contribution in [1.29, 1.82) is 0 Å². The molecule has 0 aliphatic carbocycles. The molecule has 108 valence electrons. The third kappa shape index (κ3) is 3.66. The van der Waals surface area contributed by atoms with Crippen LogP contribution in [0.4, 0.5) is 0 Å². The zero-order valence-corrected chi connectivity index (χ0v) is 12.4. The summed E-state index contributed by atoms with van der Waals surface area (Å²) >= 11 is 0. The second-order valence-corrected chi connectivity index (χ2v) is 7.37. The number of nitrogens with zero attached hydrogens (tertiary/aromatic N) is 1. The smallest absolute Gasteiger partial charge is 0.244 e. The molecule has 2 rings (SSSR count).